The lowest BCUT2D eigenvalue weighted by Crippen LogP contribution is -2.38. The Hall–Kier alpha value is -2.12. The zero-order valence-electron chi connectivity index (χ0n) is 13.0. The number of hydrogen-bond donors (Lipinski definition) is 2. The number of amides is 1. The lowest BCUT2D eigenvalue weighted by Gasteiger charge is -2.25. The number of aliphatic hydroxyl groups is 1. The molecule has 24 heavy (non-hydrogen) atoms. The molecule has 2 aliphatic rings. The maximum absolute atomic E-state index is 12.4. The van der Waals surface area contributed by atoms with Gasteiger partial charge in [0, 0.05) is 17.0 Å². The highest BCUT2D eigenvalue weighted by Crippen LogP contribution is 2.36. The number of benzene rings is 1. The van der Waals surface area contributed by atoms with E-state index < -0.39 is 0 Å². The second kappa shape index (κ2) is 6.41. The Kier molecular flexibility index (Phi) is 4.12. The molecule has 0 bridgehead atoms. The molecule has 1 aliphatic carbocycles. The van der Waals surface area contributed by atoms with Gasteiger partial charge in [-0.25, -0.2) is 4.98 Å². The van der Waals surface area contributed by atoms with Gasteiger partial charge in [0.15, 0.2) is 11.5 Å². The van der Waals surface area contributed by atoms with E-state index in [1.54, 1.807) is 5.38 Å². The van der Waals surface area contributed by atoms with Crippen molar-refractivity contribution >= 4 is 17.2 Å². The standard InChI is InChI=1S/C17H18N2O4S/c20-12-4-2-11(3-5-12)18-16(21)13-8-24-17(19-13)10-1-6-14-15(7-10)23-9-22-14/h1,6-8,11-12,20H,2-5,9H2,(H,18,21). The first-order valence-electron chi connectivity index (χ1n) is 8.03. The summed E-state index contributed by atoms with van der Waals surface area (Å²) in [6.07, 6.45) is 2.88. The second-order valence-corrected chi connectivity index (χ2v) is 6.94. The van der Waals surface area contributed by atoms with E-state index in [1.165, 1.54) is 11.3 Å². The summed E-state index contributed by atoms with van der Waals surface area (Å²) in [6.45, 7) is 0.237. The molecule has 126 valence electrons. The van der Waals surface area contributed by atoms with Crippen molar-refractivity contribution in [3.8, 4) is 22.1 Å². The van der Waals surface area contributed by atoms with Gasteiger partial charge >= 0.3 is 0 Å². The normalized spacial score (nSPS) is 22.4. The highest BCUT2D eigenvalue weighted by Gasteiger charge is 2.22. The number of nitrogens with zero attached hydrogens (tertiary/aromatic N) is 1. The number of ether oxygens (including phenoxy) is 2. The molecule has 1 aliphatic heterocycles. The second-order valence-electron chi connectivity index (χ2n) is 6.08. The van der Waals surface area contributed by atoms with Crippen LogP contribution in [0.2, 0.25) is 0 Å². The monoisotopic (exact) mass is 346 g/mol. The maximum atomic E-state index is 12.4. The van der Waals surface area contributed by atoms with Gasteiger partial charge in [0.05, 0.1) is 6.10 Å². The van der Waals surface area contributed by atoms with E-state index in [2.05, 4.69) is 10.3 Å². The molecule has 1 amide bonds. The van der Waals surface area contributed by atoms with Gasteiger partial charge in [-0.1, -0.05) is 0 Å². The molecular weight excluding hydrogens is 328 g/mol. The van der Waals surface area contributed by atoms with Crippen LogP contribution in [0.15, 0.2) is 23.6 Å². The molecule has 2 N–H and O–H groups in total. The number of hydrogen-bond acceptors (Lipinski definition) is 6. The molecule has 6 nitrogen and oxygen atoms in total. The van der Waals surface area contributed by atoms with Gasteiger partial charge in [-0.2, -0.15) is 0 Å². The first kappa shape index (κ1) is 15.4. The van der Waals surface area contributed by atoms with E-state index >= 15 is 0 Å². The highest BCUT2D eigenvalue weighted by atomic mass is 32.1. The molecule has 1 aromatic carbocycles. The van der Waals surface area contributed by atoms with Gasteiger partial charge in [-0.05, 0) is 43.9 Å². The molecule has 7 heteroatoms. The van der Waals surface area contributed by atoms with Crippen molar-refractivity contribution < 1.29 is 19.4 Å². The molecule has 0 unspecified atom stereocenters. The Bertz CT molecular complexity index is 753. The van der Waals surface area contributed by atoms with Crippen LogP contribution in [-0.2, 0) is 0 Å². The molecular formula is C17H18N2O4S. The number of thiazole rings is 1. The van der Waals surface area contributed by atoms with E-state index in [1.807, 2.05) is 18.2 Å². The molecule has 2 heterocycles. The van der Waals surface area contributed by atoms with Crippen molar-refractivity contribution in [3.05, 3.63) is 29.3 Å². The van der Waals surface area contributed by atoms with E-state index in [4.69, 9.17) is 9.47 Å². The maximum Gasteiger partial charge on any atom is 0.270 e. The van der Waals surface area contributed by atoms with Crippen LogP contribution in [0, 0.1) is 0 Å². The van der Waals surface area contributed by atoms with Crippen LogP contribution in [0.4, 0.5) is 0 Å². The summed E-state index contributed by atoms with van der Waals surface area (Å²) in [6, 6.07) is 5.77. The number of carbonyl (C=O) groups is 1. The minimum absolute atomic E-state index is 0.122. The van der Waals surface area contributed by atoms with E-state index in [-0.39, 0.29) is 24.8 Å². The van der Waals surface area contributed by atoms with Gasteiger partial charge in [-0.3, -0.25) is 4.79 Å². The number of aliphatic hydroxyl groups excluding tert-OH is 1. The Labute approximate surface area is 143 Å². The van der Waals surface area contributed by atoms with Gasteiger partial charge < -0.3 is 19.9 Å². The third kappa shape index (κ3) is 3.09. The topological polar surface area (TPSA) is 80.7 Å². The van der Waals surface area contributed by atoms with Crippen molar-refractivity contribution in [1.82, 2.24) is 10.3 Å². The van der Waals surface area contributed by atoms with Crippen molar-refractivity contribution in [2.75, 3.05) is 6.79 Å². The molecule has 0 radical (unpaired) electrons. The molecule has 4 rings (SSSR count). The van der Waals surface area contributed by atoms with E-state index in [9.17, 15) is 9.90 Å². The van der Waals surface area contributed by atoms with Gasteiger partial charge in [0.25, 0.3) is 5.91 Å². The minimum atomic E-state index is -0.227. The Morgan fingerprint density at radius 2 is 2.00 bits per heavy atom. The lowest BCUT2D eigenvalue weighted by molar-refractivity contribution is 0.0864. The molecule has 1 aromatic heterocycles. The molecule has 1 saturated carbocycles. The average Bonchev–Trinajstić information content (AvgIpc) is 3.25. The van der Waals surface area contributed by atoms with Crippen molar-refractivity contribution in [2.45, 2.75) is 37.8 Å². The Morgan fingerprint density at radius 3 is 2.83 bits per heavy atom. The van der Waals surface area contributed by atoms with Crippen LogP contribution >= 0.6 is 11.3 Å². The van der Waals surface area contributed by atoms with Crippen LogP contribution in [0.5, 0.6) is 11.5 Å². The molecule has 0 saturated heterocycles. The van der Waals surface area contributed by atoms with Gasteiger partial charge in [0.2, 0.25) is 6.79 Å². The Morgan fingerprint density at radius 1 is 1.21 bits per heavy atom. The van der Waals surface area contributed by atoms with Crippen molar-refractivity contribution in [1.29, 1.82) is 0 Å². The summed E-state index contributed by atoms with van der Waals surface area (Å²) in [5.41, 5.74) is 1.34. The molecule has 0 atom stereocenters. The summed E-state index contributed by atoms with van der Waals surface area (Å²) in [5, 5.41) is 15.1. The largest absolute Gasteiger partial charge is 0.454 e. The van der Waals surface area contributed by atoms with Gasteiger partial charge in [-0.15, -0.1) is 11.3 Å². The highest BCUT2D eigenvalue weighted by molar-refractivity contribution is 7.13. The summed E-state index contributed by atoms with van der Waals surface area (Å²) >= 11 is 1.43. The minimum Gasteiger partial charge on any atom is -0.454 e. The fourth-order valence-electron chi connectivity index (χ4n) is 3.02. The van der Waals surface area contributed by atoms with Crippen LogP contribution in [0.1, 0.15) is 36.2 Å². The number of aromatic nitrogens is 1. The smallest absolute Gasteiger partial charge is 0.270 e. The fraction of sp³-hybridized carbons (Fsp3) is 0.412. The quantitative estimate of drug-likeness (QED) is 0.893. The first-order valence-corrected chi connectivity index (χ1v) is 8.91. The third-order valence-electron chi connectivity index (χ3n) is 4.39. The average molecular weight is 346 g/mol. The van der Waals surface area contributed by atoms with E-state index in [0.717, 1.165) is 42.0 Å². The zero-order chi connectivity index (χ0) is 16.5. The zero-order valence-corrected chi connectivity index (χ0v) is 13.8. The SMILES string of the molecule is O=C(NC1CCC(O)CC1)c1csc(-c2ccc3c(c2)OCO3)n1. The molecule has 0 spiro atoms. The van der Waals surface area contributed by atoms with Crippen molar-refractivity contribution in [2.24, 2.45) is 0 Å². The number of carbonyl (C=O) groups excluding carboxylic acids is 1. The van der Waals surface area contributed by atoms with E-state index in [0.29, 0.717) is 11.4 Å². The first-order chi connectivity index (χ1) is 11.7. The third-order valence-corrected chi connectivity index (χ3v) is 5.28. The number of fused-ring (bicyclic) bond motifs is 1. The van der Waals surface area contributed by atoms with Crippen LogP contribution in [-0.4, -0.2) is 34.9 Å². The molecule has 1 fully saturated rings. The summed E-state index contributed by atoms with van der Waals surface area (Å²) in [5.74, 6) is 1.28. The van der Waals surface area contributed by atoms with Gasteiger partial charge in [0.1, 0.15) is 10.7 Å². The predicted octanol–water partition coefficient (Wildman–Crippen LogP) is 2.57. The van der Waals surface area contributed by atoms with Crippen LogP contribution < -0.4 is 14.8 Å². The van der Waals surface area contributed by atoms with Crippen molar-refractivity contribution in [3.63, 3.8) is 0 Å². The number of rotatable bonds is 3. The Balaban J connectivity index is 1.45. The number of nitrogens with one attached hydrogen (secondary N) is 1. The fourth-order valence-corrected chi connectivity index (χ4v) is 3.82. The van der Waals surface area contributed by atoms with Crippen LogP contribution in [0.25, 0.3) is 10.6 Å². The molecule has 2 aromatic rings. The summed E-state index contributed by atoms with van der Waals surface area (Å²) in [4.78, 5) is 16.8. The summed E-state index contributed by atoms with van der Waals surface area (Å²) < 4.78 is 10.7. The summed E-state index contributed by atoms with van der Waals surface area (Å²) in [7, 11) is 0. The predicted molar refractivity (Wildman–Crippen MR) is 89.4 cm³/mol. The van der Waals surface area contributed by atoms with Crippen LogP contribution in [0.3, 0.4) is 0 Å². The lowest BCUT2D eigenvalue weighted by atomic mass is 9.93.